The summed E-state index contributed by atoms with van der Waals surface area (Å²) in [5.74, 6) is 1.09. The highest BCUT2D eigenvalue weighted by atomic mass is 32.2. The zero-order valence-corrected chi connectivity index (χ0v) is 28.4. The third-order valence-corrected chi connectivity index (χ3v) is 11.1. The molecule has 2 N–H and O–H groups in total. The number of sulfonamides is 1. The van der Waals surface area contributed by atoms with Gasteiger partial charge >= 0.3 is 6.09 Å². The van der Waals surface area contributed by atoms with Crippen LogP contribution in [-0.4, -0.2) is 38.3 Å². The molecule has 2 aliphatic carbocycles. The molecule has 1 heterocycles. The highest BCUT2D eigenvalue weighted by molar-refractivity contribution is 7.92. The minimum absolute atomic E-state index is 0.0386. The second-order valence-electron chi connectivity index (χ2n) is 13.5. The Morgan fingerprint density at radius 1 is 0.896 bits per heavy atom. The van der Waals surface area contributed by atoms with Crippen molar-refractivity contribution in [1.82, 2.24) is 4.90 Å². The predicted octanol–water partition coefficient (Wildman–Crippen LogP) is 8.08. The summed E-state index contributed by atoms with van der Waals surface area (Å²) in [6, 6.07) is 29.5. The third kappa shape index (κ3) is 6.35. The fourth-order valence-electron chi connectivity index (χ4n) is 8.36. The molecule has 4 aromatic rings. The molecule has 8 nitrogen and oxygen atoms in total. The van der Waals surface area contributed by atoms with Gasteiger partial charge in [0.25, 0.3) is 0 Å². The van der Waals surface area contributed by atoms with Crippen LogP contribution >= 0.6 is 0 Å². The number of hydrogen-bond donors (Lipinski definition) is 2. The molecule has 1 saturated heterocycles. The van der Waals surface area contributed by atoms with Gasteiger partial charge in [-0.05, 0) is 84.5 Å². The first kappa shape index (κ1) is 32.1. The number of hydrogen-bond acceptors (Lipinski definition) is 6. The number of para-hydroxylation sites is 2. The summed E-state index contributed by atoms with van der Waals surface area (Å²) in [6.07, 6.45) is 6.99. The third-order valence-electron chi connectivity index (χ3n) is 10.5. The minimum Gasteiger partial charge on any atom is -0.487 e. The lowest BCUT2D eigenvalue weighted by Crippen LogP contribution is -2.62. The van der Waals surface area contributed by atoms with Crippen LogP contribution in [0.1, 0.15) is 59.9 Å². The van der Waals surface area contributed by atoms with Crippen LogP contribution in [0.4, 0.5) is 21.9 Å². The number of carbonyl (C=O) groups excluding carboxylic acids is 1. The predicted molar refractivity (Wildman–Crippen MR) is 189 cm³/mol. The zero-order chi connectivity index (χ0) is 33.3. The Bertz CT molecular complexity index is 1900. The lowest BCUT2D eigenvalue weighted by molar-refractivity contribution is -0.0138. The first-order valence-corrected chi connectivity index (χ1v) is 18.8. The first-order chi connectivity index (χ1) is 23.2. The fraction of sp³-hybridized carbons (Fsp3) is 0.359. The quantitative estimate of drug-likeness (QED) is 0.188. The van der Waals surface area contributed by atoms with Gasteiger partial charge < -0.3 is 19.7 Å². The SMILES string of the molecule is Cc1c2c(cc(OCc3ccccc3)c1Nc1ccccc1NS(C)(=O)=O)[C@@]13CCCC[C@H]1[C@@H](C2)N(C(=O)OCc1ccccc1)CC3. The van der Waals surface area contributed by atoms with E-state index in [0.29, 0.717) is 30.4 Å². The van der Waals surface area contributed by atoms with Crippen molar-refractivity contribution >= 4 is 33.2 Å². The molecule has 3 atom stereocenters. The van der Waals surface area contributed by atoms with Crippen molar-refractivity contribution in [2.45, 2.75) is 70.1 Å². The number of nitrogens with zero attached hydrogens (tertiary/aromatic N) is 1. The van der Waals surface area contributed by atoms with Gasteiger partial charge in [-0.25, -0.2) is 13.2 Å². The van der Waals surface area contributed by atoms with Crippen molar-refractivity contribution in [3.63, 3.8) is 0 Å². The van der Waals surface area contributed by atoms with E-state index in [9.17, 15) is 13.2 Å². The monoisotopic (exact) mass is 665 g/mol. The van der Waals surface area contributed by atoms with E-state index in [4.69, 9.17) is 9.47 Å². The van der Waals surface area contributed by atoms with Gasteiger partial charge in [0.1, 0.15) is 19.0 Å². The smallest absolute Gasteiger partial charge is 0.410 e. The average Bonchev–Trinajstić information content (AvgIpc) is 3.09. The average molecular weight is 666 g/mol. The number of piperidine rings is 1. The van der Waals surface area contributed by atoms with Gasteiger partial charge in [0.15, 0.2) is 0 Å². The maximum absolute atomic E-state index is 13.7. The molecule has 0 radical (unpaired) electrons. The molecule has 3 aliphatic rings. The molecule has 0 unspecified atom stereocenters. The van der Waals surface area contributed by atoms with E-state index in [2.05, 4.69) is 35.2 Å². The van der Waals surface area contributed by atoms with Crippen molar-refractivity contribution in [3.05, 3.63) is 119 Å². The second-order valence-corrected chi connectivity index (χ2v) is 15.2. The molecule has 9 heteroatoms. The van der Waals surface area contributed by atoms with E-state index in [1.54, 1.807) is 12.1 Å². The second kappa shape index (κ2) is 13.2. The number of likely N-dealkylation sites (tertiary alicyclic amines) is 1. The van der Waals surface area contributed by atoms with Crippen molar-refractivity contribution in [1.29, 1.82) is 0 Å². The number of fused-ring (bicyclic) bond motifs is 1. The molecule has 48 heavy (non-hydrogen) atoms. The molecule has 1 saturated carbocycles. The largest absolute Gasteiger partial charge is 0.487 e. The Hall–Kier alpha value is -4.50. The molecular weight excluding hydrogens is 623 g/mol. The van der Waals surface area contributed by atoms with Gasteiger partial charge in [-0.2, -0.15) is 0 Å². The van der Waals surface area contributed by atoms with Crippen molar-refractivity contribution < 1.29 is 22.7 Å². The van der Waals surface area contributed by atoms with E-state index in [1.165, 1.54) is 11.1 Å². The number of benzene rings is 4. The summed E-state index contributed by atoms with van der Waals surface area (Å²) < 4.78 is 39.7. The summed E-state index contributed by atoms with van der Waals surface area (Å²) in [6.45, 7) is 3.44. The van der Waals surface area contributed by atoms with Crippen LogP contribution in [0.2, 0.25) is 0 Å². The molecule has 2 bridgehead atoms. The fourth-order valence-corrected chi connectivity index (χ4v) is 8.93. The number of ether oxygens (including phenoxy) is 2. The van der Waals surface area contributed by atoms with Crippen LogP contribution in [0.15, 0.2) is 91.0 Å². The summed E-state index contributed by atoms with van der Waals surface area (Å²) >= 11 is 0. The van der Waals surface area contributed by atoms with E-state index in [0.717, 1.165) is 72.9 Å². The van der Waals surface area contributed by atoms with E-state index < -0.39 is 10.0 Å². The highest BCUT2D eigenvalue weighted by Gasteiger charge is 2.55. The van der Waals surface area contributed by atoms with Gasteiger partial charge in [-0.3, -0.25) is 4.72 Å². The Kier molecular flexibility index (Phi) is 8.81. The molecule has 1 amide bonds. The van der Waals surface area contributed by atoms with Crippen LogP contribution in [0, 0.1) is 12.8 Å². The van der Waals surface area contributed by atoms with Crippen molar-refractivity contribution in [3.8, 4) is 5.75 Å². The highest BCUT2D eigenvalue weighted by Crippen LogP contribution is 2.58. The Balaban J connectivity index is 1.28. The first-order valence-electron chi connectivity index (χ1n) is 16.9. The maximum atomic E-state index is 13.7. The standard InChI is InChI=1S/C39H43N3O5S/c1-27-30-23-35-31-17-11-12-20-39(31,21-22-42(35)38(43)47-26-29-15-7-4-8-16-29)32(30)24-36(46-25-28-13-5-3-6-14-28)37(27)40-33-18-9-10-19-34(33)41-48(2,44)45/h3-10,13-16,18-19,24,31,35,40-41H,11-12,17,20-23,25-26H2,1-2H3/t31-,35+,39+/m0/s1. The molecule has 4 aromatic carbocycles. The molecule has 0 spiro atoms. The Morgan fingerprint density at radius 3 is 2.27 bits per heavy atom. The van der Waals surface area contributed by atoms with Crippen LogP contribution in [0.25, 0.3) is 0 Å². The maximum Gasteiger partial charge on any atom is 0.410 e. The molecule has 0 aromatic heterocycles. The van der Waals surface area contributed by atoms with Gasteiger partial charge in [-0.1, -0.05) is 85.6 Å². The van der Waals surface area contributed by atoms with E-state index in [-0.39, 0.29) is 24.2 Å². The van der Waals surface area contributed by atoms with Crippen LogP contribution in [0.3, 0.4) is 0 Å². The topological polar surface area (TPSA) is 97.0 Å². The van der Waals surface area contributed by atoms with Crippen molar-refractivity contribution in [2.75, 3.05) is 22.8 Å². The van der Waals surface area contributed by atoms with Gasteiger partial charge in [0.2, 0.25) is 10.0 Å². The van der Waals surface area contributed by atoms with Crippen molar-refractivity contribution in [2.24, 2.45) is 5.92 Å². The molecule has 250 valence electrons. The number of amides is 1. The number of anilines is 3. The van der Waals surface area contributed by atoms with Gasteiger partial charge in [0.05, 0.1) is 23.3 Å². The number of rotatable bonds is 9. The molecule has 1 aliphatic heterocycles. The Morgan fingerprint density at radius 2 is 1.56 bits per heavy atom. The molecular formula is C39H43N3O5S. The van der Waals surface area contributed by atoms with E-state index >= 15 is 0 Å². The normalized spacial score (nSPS) is 21.4. The Labute approximate surface area is 283 Å². The lowest BCUT2D eigenvalue weighted by atomic mass is 9.52. The summed E-state index contributed by atoms with van der Waals surface area (Å²) in [7, 11) is -3.50. The zero-order valence-electron chi connectivity index (χ0n) is 27.6. The van der Waals surface area contributed by atoms with E-state index in [1.807, 2.05) is 65.6 Å². The number of carbonyl (C=O) groups is 1. The lowest BCUT2D eigenvalue weighted by Gasteiger charge is -2.59. The minimum atomic E-state index is -3.50. The van der Waals surface area contributed by atoms with Crippen LogP contribution < -0.4 is 14.8 Å². The van der Waals surface area contributed by atoms with Crippen LogP contribution in [0.5, 0.6) is 5.75 Å². The van der Waals surface area contributed by atoms with Gasteiger partial charge in [0, 0.05) is 18.0 Å². The molecule has 7 rings (SSSR count). The molecule has 2 fully saturated rings. The summed E-state index contributed by atoms with van der Waals surface area (Å²) in [4.78, 5) is 15.7. The summed E-state index contributed by atoms with van der Waals surface area (Å²) in [5, 5.41) is 3.57. The van der Waals surface area contributed by atoms with Gasteiger partial charge in [-0.15, -0.1) is 0 Å². The number of nitrogens with one attached hydrogen (secondary N) is 2. The van der Waals surface area contributed by atoms with Crippen LogP contribution in [-0.2, 0) is 39.8 Å². The summed E-state index contributed by atoms with van der Waals surface area (Å²) in [5.41, 5.74) is 7.52.